The van der Waals surface area contributed by atoms with Crippen LogP contribution in [0, 0.1) is 0 Å². The first-order chi connectivity index (χ1) is 0. The molecule has 44 valence electrons. The predicted molar refractivity (Wildman–Crippen MR) is 20.5 cm³/mol. The molecule has 0 aromatic rings. The second-order valence-electron chi connectivity index (χ2n) is 0. The van der Waals surface area contributed by atoms with Crippen LogP contribution < -0.4 is 0 Å². The number of halogens is 5. The summed E-state index contributed by atoms with van der Waals surface area (Å²) in [5.74, 6) is 0. The molecule has 0 aliphatic heterocycles. The molecule has 0 spiro atoms. The van der Waals surface area contributed by atoms with Crippen LogP contribution in [0.5, 0.6) is 0 Å². The van der Waals surface area contributed by atoms with Gasteiger partial charge in [-0.3, -0.25) is 23.5 Å². The third-order valence-corrected chi connectivity index (χ3v) is 0. The zero-order valence-corrected chi connectivity index (χ0v) is 4.16. The molecule has 6 heteroatoms. The molecule has 0 saturated heterocycles. The van der Waals surface area contributed by atoms with E-state index in [1.54, 1.807) is 0 Å². The van der Waals surface area contributed by atoms with Crippen molar-refractivity contribution in [2.45, 2.75) is 0 Å². The molecule has 0 aliphatic rings. The average molecular weight is 126 g/mol. The van der Waals surface area contributed by atoms with Crippen LogP contribution in [-0.2, 0) is 0 Å². The zero-order valence-electron chi connectivity index (χ0n) is 4.75. The summed E-state index contributed by atoms with van der Waals surface area (Å²) in [7, 11) is 0. The average Bonchev–Trinajstić information content (AvgIpc) is 0. The van der Waals surface area contributed by atoms with Crippen molar-refractivity contribution in [3.05, 3.63) is 0 Å². The van der Waals surface area contributed by atoms with Crippen molar-refractivity contribution in [1.29, 1.82) is 0 Å². The summed E-state index contributed by atoms with van der Waals surface area (Å²) in [4.78, 5) is 0. The van der Waals surface area contributed by atoms with Crippen molar-refractivity contribution in [2.75, 3.05) is 0 Å². The quantitative estimate of drug-likeness (QED) is 0.329. The van der Waals surface area contributed by atoms with Crippen LogP contribution in [0.2, 0.25) is 0 Å². The molecule has 0 aliphatic carbocycles. The Bertz CT molecular complexity index is 10.4. The zero-order chi connectivity index (χ0) is 0. The van der Waals surface area contributed by atoms with Crippen LogP contribution in [0.1, 0.15) is 2.85 Å². The number of hydrogen-bond donors (Lipinski definition) is 0. The van der Waals surface area contributed by atoms with E-state index in [2.05, 4.69) is 0 Å². The first-order valence-electron chi connectivity index (χ1n) is 0. The molecule has 0 rings (SSSR count). The summed E-state index contributed by atoms with van der Waals surface area (Å²) in [6, 6.07) is 0. The Morgan fingerprint density at radius 1 is 0.500 bits per heavy atom. The van der Waals surface area contributed by atoms with Crippen molar-refractivity contribution < 1.29 is 26.4 Å². The Kier molecular flexibility index (Phi) is 110000. The fourth-order valence-electron chi connectivity index (χ4n) is 0. The summed E-state index contributed by atoms with van der Waals surface area (Å²) >= 11 is 0. The van der Waals surface area contributed by atoms with E-state index in [1.165, 1.54) is 0 Å². The van der Waals surface area contributed by atoms with Crippen molar-refractivity contribution in [3.8, 4) is 0 Å². The third kappa shape index (κ3) is 297. The van der Waals surface area contributed by atoms with Crippen LogP contribution in [0.3, 0.4) is 0 Å². The molecule has 0 fully saturated rings. The van der Waals surface area contributed by atoms with E-state index >= 15 is 0 Å². The number of hydrogen-bond acceptors (Lipinski definition) is 0. The van der Waals surface area contributed by atoms with Gasteiger partial charge in [-0.05, 0) is 0 Å². The SMILES string of the molecule is F.F.F.F.F.[H-].[H-].[Mg+2]. The number of rotatable bonds is 0. The van der Waals surface area contributed by atoms with Gasteiger partial charge >= 0.3 is 23.1 Å². The first-order valence-corrected chi connectivity index (χ1v) is 0. The van der Waals surface area contributed by atoms with Gasteiger partial charge in [0, 0.05) is 0 Å². The van der Waals surface area contributed by atoms with E-state index in [4.69, 9.17) is 0 Å². The molecule has 0 aromatic heterocycles. The standard InChI is InChI=1S/5FH.Mg.2H/h5*1H;;;/q;;;;;+2;2*-1. The van der Waals surface area contributed by atoms with Crippen LogP contribution in [0.15, 0.2) is 0 Å². The smallest absolute Gasteiger partial charge is 1.00 e. The molecule has 0 heterocycles. The molecule has 0 radical (unpaired) electrons. The maximum absolute atomic E-state index is 0. The van der Waals surface area contributed by atoms with Gasteiger partial charge in [0.05, 0.1) is 0 Å². The topological polar surface area (TPSA) is 0 Å². The van der Waals surface area contributed by atoms with Gasteiger partial charge in [-0.15, -0.1) is 0 Å². The van der Waals surface area contributed by atoms with E-state index in [0.717, 1.165) is 0 Å². The summed E-state index contributed by atoms with van der Waals surface area (Å²) in [5, 5.41) is 0. The monoisotopic (exact) mass is 126 g/mol. The summed E-state index contributed by atoms with van der Waals surface area (Å²) < 4.78 is 0. The second-order valence-corrected chi connectivity index (χ2v) is 0. The van der Waals surface area contributed by atoms with Crippen molar-refractivity contribution in [2.24, 2.45) is 0 Å². The van der Waals surface area contributed by atoms with Gasteiger partial charge in [-0.2, -0.15) is 0 Å². The molecule has 0 amide bonds. The summed E-state index contributed by atoms with van der Waals surface area (Å²) in [6.07, 6.45) is 0. The minimum atomic E-state index is 0. The van der Waals surface area contributed by atoms with Gasteiger partial charge < -0.3 is 2.85 Å². The molecule has 0 bridgehead atoms. The molecular formula is H7F5Mg. The van der Waals surface area contributed by atoms with Crippen LogP contribution in [-0.4, -0.2) is 23.1 Å². The van der Waals surface area contributed by atoms with Crippen LogP contribution >= 0.6 is 0 Å². The van der Waals surface area contributed by atoms with E-state index in [-0.39, 0.29) is 49.4 Å². The van der Waals surface area contributed by atoms with Gasteiger partial charge in [0.15, 0.2) is 0 Å². The molecule has 6 heavy (non-hydrogen) atoms. The molecule has 0 saturated carbocycles. The Hall–Kier alpha value is 0.416. The molecular weight excluding hydrogens is 119 g/mol. The van der Waals surface area contributed by atoms with Gasteiger partial charge in [0.1, 0.15) is 0 Å². The molecule has 0 nitrogen and oxygen atoms in total. The summed E-state index contributed by atoms with van der Waals surface area (Å²) in [5.41, 5.74) is 0. The van der Waals surface area contributed by atoms with Gasteiger partial charge in [-0.25, -0.2) is 0 Å². The first kappa shape index (κ1) is 1090. The maximum Gasteiger partial charge on any atom is 2.00 e. The molecule has 0 aromatic carbocycles. The minimum absolute atomic E-state index is 0. The fraction of sp³-hybridized carbons (Fsp3) is 0. The Morgan fingerprint density at radius 2 is 0.500 bits per heavy atom. The van der Waals surface area contributed by atoms with Crippen LogP contribution in [0.25, 0.3) is 0 Å². The van der Waals surface area contributed by atoms with Gasteiger partial charge in [0.25, 0.3) is 0 Å². The fourth-order valence-corrected chi connectivity index (χ4v) is 0. The normalized spacial score (nSPS) is 0. The predicted octanol–water partition coefficient (Wildman–Crippen LogP) is 0.607. The van der Waals surface area contributed by atoms with Crippen molar-refractivity contribution in [1.82, 2.24) is 0 Å². The Balaban J connectivity index is 0. The largest absolute Gasteiger partial charge is 2.00 e. The minimum Gasteiger partial charge on any atom is -1.00 e. The maximum atomic E-state index is 0. The Labute approximate surface area is 50.3 Å². The van der Waals surface area contributed by atoms with E-state index < -0.39 is 0 Å². The van der Waals surface area contributed by atoms with Gasteiger partial charge in [0.2, 0.25) is 0 Å². The van der Waals surface area contributed by atoms with E-state index in [9.17, 15) is 0 Å². The Morgan fingerprint density at radius 3 is 0.500 bits per heavy atom. The summed E-state index contributed by atoms with van der Waals surface area (Å²) in [6.45, 7) is 0. The van der Waals surface area contributed by atoms with Crippen molar-refractivity contribution >= 4 is 23.1 Å². The van der Waals surface area contributed by atoms with Crippen molar-refractivity contribution in [3.63, 3.8) is 0 Å². The van der Waals surface area contributed by atoms with E-state index in [0.29, 0.717) is 0 Å². The third-order valence-electron chi connectivity index (χ3n) is 0. The molecule has 0 unspecified atom stereocenters. The molecule has 0 N–H and O–H groups in total. The molecule has 0 atom stereocenters. The van der Waals surface area contributed by atoms with Crippen LogP contribution in [0.4, 0.5) is 23.5 Å². The van der Waals surface area contributed by atoms with E-state index in [1.807, 2.05) is 0 Å². The van der Waals surface area contributed by atoms with Gasteiger partial charge in [-0.1, -0.05) is 0 Å². The second kappa shape index (κ2) is 610.